The molecule has 0 amide bonds. The lowest BCUT2D eigenvalue weighted by atomic mass is 10.1. The molecule has 0 unspecified atom stereocenters. The Morgan fingerprint density at radius 1 is 1.30 bits per heavy atom. The van der Waals surface area contributed by atoms with E-state index in [1.165, 1.54) is 4.57 Å². The lowest BCUT2D eigenvalue weighted by Gasteiger charge is -2.08. The minimum absolute atomic E-state index is 0.103. The molecule has 3 rings (SSSR count). The average Bonchev–Trinajstić information content (AvgIpc) is 2.98. The maximum atomic E-state index is 11.7. The Morgan fingerprint density at radius 3 is 2.65 bits per heavy atom. The monoisotopic (exact) mass is 279 g/mol. The molecular formula is C11H13N5O4. The lowest BCUT2D eigenvalue weighted by Crippen LogP contribution is -2.23. The summed E-state index contributed by atoms with van der Waals surface area (Å²) in [5.41, 5.74) is -1.38. The number of aromatic amines is 2. The number of aromatic nitrogens is 4. The zero-order chi connectivity index (χ0) is 14.3. The maximum Gasteiger partial charge on any atom is 0.437 e. The van der Waals surface area contributed by atoms with E-state index in [9.17, 15) is 19.7 Å². The summed E-state index contributed by atoms with van der Waals surface area (Å²) in [5.74, 6) is -0.0897. The van der Waals surface area contributed by atoms with Crippen LogP contribution in [-0.2, 0) is 6.54 Å². The van der Waals surface area contributed by atoms with Crippen LogP contribution in [0.4, 0.5) is 5.95 Å². The summed E-state index contributed by atoms with van der Waals surface area (Å²) in [6, 6.07) is 0. The number of nitro groups is 1. The third-order valence-electron chi connectivity index (χ3n) is 3.70. The average molecular weight is 279 g/mol. The van der Waals surface area contributed by atoms with Crippen LogP contribution < -0.4 is 11.2 Å². The molecule has 2 heterocycles. The second kappa shape index (κ2) is 4.58. The fourth-order valence-corrected chi connectivity index (χ4v) is 2.79. The Balaban J connectivity index is 2.20. The highest BCUT2D eigenvalue weighted by atomic mass is 16.6. The Bertz CT molecular complexity index is 780. The fraction of sp³-hybridized carbons (Fsp3) is 0.545. The maximum absolute atomic E-state index is 11.7. The normalized spacial score (nSPS) is 16.0. The zero-order valence-electron chi connectivity index (χ0n) is 10.6. The number of H-pyrrole nitrogens is 2. The van der Waals surface area contributed by atoms with Gasteiger partial charge in [0.15, 0.2) is 0 Å². The quantitative estimate of drug-likeness (QED) is 0.625. The molecule has 9 heteroatoms. The summed E-state index contributed by atoms with van der Waals surface area (Å²) in [6.45, 7) is 0.395. The van der Waals surface area contributed by atoms with Gasteiger partial charge in [0.2, 0.25) is 5.65 Å². The van der Waals surface area contributed by atoms with Gasteiger partial charge in [-0.1, -0.05) is 17.8 Å². The third-order valence-corrected chi connectivity index (χ3v) is 3.70. The molecule has 1 fully saturated rings. The summed E-state index contributed by atoms with van der Waals surface area (Å²) >= 11 is 0. The van der Waals surface area contributed by atoms with Gasteiger partial charge in [-0.2, -0.15) is 0 Å². The Labute approximate surface area is 111 Å². The van der Waals surface area contributed by atoms with Gasteiger partial charge in [0.25, 0.3) is 11.1 Å². The first kappa shape index (κ1) is 12.6. The van der Waals surface area contributed by atoms with Gasteiger partial charge in [-0.3, -0.25) is 14.8 Å². The van der Waals surface area contributed by atoms with Crippen molar-refractivity contribution in [2.24, 2.45) is 5.92 Å². The number of hydrogen-bond acceptors (Lipinski definition) is 5. The Morgan fingerprint density at radius 2 is 2.00 bits per heavy atom. The molecule has 0 aliphatic heterocycles. The minimum atomic E-state index is -0.711. The van der Waals surface area contributed by atoms with E-state index in [0.717, 1.165) is 25.7 Å². The van der Waals surface area contributed by atoms with E-state index in [-0.39, 0.29) is 11.2 Å². The van der Waals surface area contributed by atoms with Crippen LogP contribution in [0.2, 0.25) is 0 Å². The molecule has 0 spiro atoms. The Kier molecular flexibility index (Phi) is 2.88. The van der Waals surface area contributed by atoms with Gasteiger partial charge in [-0.15, -0.1) is 0 Å². The van der Waals surface area contributed by atoms with Crippen molar-refractivity contribution in [3.05, 3.63) is 31.0 Å². The van der Waals surface area contributed by atoms with Gasteiger partial charge in [-0.25, -0.2) is 9.36 Å². The summed E-state index contributed by atoms with van der Waals surface area (Å²) in [5, 5.41) is 11.1. The van der Waals surface area contributed by atoms with E-state index in [1.54, 1.807) is 0 Å². The molecule has 0 aromatic carbocycles. The van der Waals surface area contributed by atoms with E-state index in [4.69, 9.17) is 0 Å². The second-order valence-corrected chi connectivity index (χ2v) is 5.04. The largest absolute Gasteiger partial charge is 0.437 e. The highest BCUT2D eigenvalue weighted by molar-refractivity contribution is 5.71. The van der Waals surface area contributed by atoms with Gasteiger partial charge in [0.05, 0.1) is 6.54 Å². The first-order valence-electron chi connectivity index (χ1n) is 6.43. The number of hydrogen-bond donors (Lipinski definition) is 2. The predicted octanol–water partition coefficient (Wildman–Crippen LogP) is 0.511. The van der Waals surface area contributed by atoms with Crippen LogP contribution in [-0.4, -0.2) is 24.4 Å². The fourth-order valence-electron chi connectivity index (χ4n) is 2.79. The van der Waals surface area contributed by atoms with Crippen LogP contribution in [0.25, 0.3) is 11.2 Å². The molecule has 0 bridgehead atoms. The molecule has 2 aromatic heterocycles. The molecule has 2 N–H and O–H groups in total. The number of nitrogens with one attached hydrogen (secondary N) is 2. The molecule has 2 aromatic rings. The molecule has 20 heavy (non-hydrogen) atoms. The SMILES string of the molecule is O=c1[nH]c(=O)c2nc([N+](=O)[O-])n(CC3CCCC3)c2[nH]1. The van der Waals surface area contributed by atoms with Crippen molar-refractivity contribution in [2.45, 2.75) is 32.2 Å². The molecule has 0 saturated heterocycles. The predicted molar refractivity (Wildman–Crippen MR) is 69.6 cm³/mol. The summed E-state index contributed by atoms with van der Waals surface area (Å²) in [6.07, 6.45) is 4.18. The molecule has 9 nitrogen and oxygen atoms in total. The van der Waals surface area contributed by atoms with Crippen LogP contribution in [0.3, 0.4) is 0 Å². The number of nitrogens with zero attached hydrogens (tertiary/aromatic N) is 3. The number of fused-ring (bicyclic) bond motifs is 1. The van der Waals surface area contributed by atoms with Crippen molar-refractivity contribution >= 4 is 17.1 Å². The van der Waals surface area contributed by atoms with E-state index in [1.807, 2.05) is 4.98 Å². The molecular weight excluding hydrogens is 266 g/mol. The van der Waals surface area contributed by atoms with Gasteiger partial charge in [0, 0.05) is 0 Å². The highest BCUT2D eigenvalue weighted by Crippen LogP contribution is 2.28. The molecule has 1 saturated carbocycles. The van der Waals surface area contributed by atoms with Crippen LogP contribution in [0.15, 0.2) is 9.59 Å². The summed E-state index contributed by atoms with van der Waals surface area (Å²) in [4.78, 5) is 41.6. The highest BCUT2D eigenvalue weighted by Gasteiger charge is 2.28. The van der Waals surface area contributed by atoms with Gasteiger partial charge < -0.3 is 10.1 Å². The summed E-state index contributed by atoms with van der Waals surface area (Å²) < 4.78 is 1.34. The van der Waals surface area contributed by atoms with Gasteiger partial charge in [-0.05, 0) is 23.7 Å². The van der Waals surface area contributed by atoms with Gasteiger partial charge in [0.1, 0.15) is 0 Å². The molecule has 1 aliphatic carbocycles. The molecule has 0 atom stereocenters. The molecule has 0 radical (unpaired) electrons. The van der Waals surface area contributed by atoms with Crippen molar-refractivity contribution in [3.8, 4) is 0 Å². The van der Waals surface area contributed by atoms with Crippen LogP contribution in [0.1, 0.15) is 25.7 Å². The van der Waals surface area contributed by atoms with E-state index in [2.05, 4.69) is 9.97 Å². The van der Waals surface area contributed by atoms with Gasteiger partial charge >= 0.3 is 11.6 Å². The van der Waals surface area contributed by atoms with Crippen LogP contribution >= 0.6 is 0 Å². The first-order valence-corrected chi connectivity index (χ1v) is 6.43. The molecule has 1 aliphatic rings. The second-order valence-electron chi connectivity index (χ2n) is 5.04. The lowest BCUT2D eigenvalue weighted by molar-refractivity contribution is -0.396. The van der Waals surface area contributed by atoms with Crippen molar-refractivity contribution < 1.29 is 4.92 Å². The third kappa shape index (κ3) is 2.00. The zero-order valence-corrected chi connectivity index (χ0v) is 10.6. The van der Waals surface area contributed by atoms with Crippen molar-refractivity contribution in [3.63, 3.8) is 0 Å². The summed E-state index contributed by atoms with van der Waals surface area (Å²) in [7, 11) is 0. The van der Waals surface area contributed by atoms with E-state index >= 15 is 0 Å². The van der Waals surface area contributed by atoms with E-state index in [0.29, 0.717) is 12.5 Å². The van der Waals surface area contributed by atoms with Crippen molar-refractivity contribution in [2.75, 3.05) is 0 Å². The first-order chi connectivity index (χ1) is 9.56. The minimum Gasteiger partial charge on any atom is -0.390 e. The standard InChI is InChI=1S/C11H13N5O4/c17-9-7-8(13-10(18)14-9)15(11(12-7)16(19)20)5-6-3-1-2-4-6/h6H,1-5H2,(H2,13,14,17,18). The van der Waals surface area contributed by atoms with Crippen molar-refractivity contribution in [1.82, 2.24) is 19.5 Å². The van der Waals surface area contributed by atoms with Crippen LogP contribution in [0.5, 0.6) is 0 Å². The van der Waals surface area contributed by atoms with Crippen molar-refractivity contribution in [1.29, 1.82) is 0 Å². The number of rotatable bonds is 3. The van der Waals surface area contributed by atoms with E-state index < -0.39 is 22.1 Å². The topological polar surface area (TPSA) is 127 Å². The molecule has 106 valence electrons. The van der Waals surface area contributed by atoms with Crippen LogP contribution in [0, 0.1) is 16.0 Å². The Hall–Kier alpha value is -2.45. The number of imidazole rings is 1. The smallest absolute Gasteiger partial charge is 0.390 e.